The molecule has 0 spiro atoms. The van der Waals surface area contributed by atoms with Crippen molar-refractivity contribution < 1.29 is 19.0 Å². The predicted molar refractivity (Wildman–Crippen MR) is 125 cm³/mol. The summed E-state index contributed by atoms with van der Waals surface area (Å²) in [5.41, 5.74) is 2.59. The van der Waals surface area contributed by atoms with Gasteiger partial charge in [0.15, 0.2) is 0 Å². The van der Waals surface area contributed by atoms with Crippen molar-refractivity contribution in [3.8, 4) is 5.75 Å². The average molecular weight is 449 g/mol. The van der Waals surface area contributed by atoms with Crippen molar-refractivity contribution in [1.82, 2.24) is 10.2 Å². The molecule has 1 heterocycles. The molecule has 2 N–H and O–H groups in total. The third-order valence-electron chi connectivity index (χ3n) is 5.89. The van der Waals surface area contributed by atoms with Gasteiger partial charge in [-0.2, -0.15) is 0 Å². The Labute approximate surface area is 193 Å². The van der Waals surface area contributed by atoms with Gasteiger partial charge in [0.25, 0.3) is 5.91 Å². The van der Waals surface area contributed by atoms with Crippen LogP contribution in [0.2, 0.25) is 0 Å². The summed E-state index contributed by atoms with van der Waals surface area (Å²) in [6, 6.07) is 22.9. The molecule has 0 radical (unpaired) electrons. The van der Waals surface area contributed by atoms with Gasteiger partial charge >= 0.3 is 0 Å². The molecule has 1 aliphatic heterocycles. The van der Waals surface area contributed by atoms with Crippen LogP contribution in [-0.2, 0) is 13.2 Å². The first-order valence-corrected chi connectivity index (χ1v) is 11.3. The number of halogens is 1. The summed E-state index contributed by atoms with van der Waals surface area (Å²) in [6.07, 6.45) is 0.973. The first kappa shape index (κ1) is 23.0. The predicted octanol–water partition coefficient (Wildman–Crippen LogP) is 4.16. The molecule has 0 unspecified atom stereocenters. The maximum absolute atomic E-state index is 13.0. The number of aliphatic hydroxyl groups is 1. The van der Waals surface area contributed by atoms with Gasteiger partial charge in [0, 0.05) is 18.7 Å². The molecular weight excluding hydrogens is 419 g/mol. The van der Waals surface area contributed by atoms with Crippen LogP contribution in [0, 0.1) is 5.82 Å². The van der Waals surface area contributed by atoms with E-state index in [1.165, 1.54) is 17.7 Å². The van der Waals surface area contributed by atoms with E-state index in [-0.39, 0.29) is 17.8 Å². The summed E-state index contributed by atoms with van der Waals surface area (Å²) in [5, 5.41) is 13.6. The van der Waals surface area contributed by atoms with Crippen molar-refractivity contribution in [3.63, 3.8) is 0 Å². The summed E-state index contributed by atoms with van der Waals surface area (Å²) in [4.78, 5) is 15.1. The summed E-state index contributed by atoms with van der Waals surface area (Å²) in [7, 11) is 0. The van der Waals surface area contributed by atoms with Gasteiger partial charge in [-0.05, 0) is 66.9 Å². The van der Waals surface area contributed by atoms with E-state index in [2.05, 4.69) is 22.3 Å². The van der Waals surface area contributed by atoms with Crippen molar-refractivity contribution in [2.24, 2.45) is 0 Å². The topological polar surface area (TPSA) is 61.8 Å². The number of rotatable bonds is 7. The molecule has 1 fully saturated rings. The zero-order valence-corrected chi connectivity index (χ0v) is 18.5. The monoisotopic (exact) mass is 448 g/mol. The van der Waals surface area contributed by atoms with Gasteiger partial charge in [0.1, 0.15) is 18.2 Å². The number of carbonyl (C=O) groups excluding carboxylic acids is 1. The highest BCUT2D eigenvalue weighted by Crippen LogP contribution is 2.17. The minimum Gasteiger partial charge on any atom is -0.489 e. The van der Waals surface area contributed by atoms with Crippen LogP contribution < -0.4 is 10.1 Å². The number of aliphatic hydroxyl groups excluding tert-OH is 1. The van der Waals surface area contributed by atoms with Crippen molar-refractivity contribution in [3.05, 3.63) is 101 Å². The molecule has 2 atom stereocenters. The van der Waals surface area contributed by atoms with Gasteiger partial charge < -0.3 is 15.2 Å². The van der Waals surface area contributed by atoms with E-state index >= 15 is 0 Å². The second-order valence-corrected chi connectivity index (χ2v) is 8.45. The maximum atomic E-state index is 13.0. The zero-order valence-electron chi connectivity index (χ0n) is 18.5. The van der Waals surface area contributed by atoms with Gasteiger partial charge in [0.05, 0.1) is 12.1 Å². The Hall–Kier alpha value is -3.22. The van der Waals surface area contributed by atoms with E-state index in [9.17, 15) is 14.3 Å². The first-order valence-electron chi connectivity index (χ1n) is 11.3. The van der Waals surface area contributed by atoms with Crippen molar-refractivity contribution in [2.45, 2.75) is 38.1 Å². The lowest BCUT2D eigenvalue weighted by Crippen LogP contribution is -2.48. The number of ether oxygens (including phenoxy) is 1. The number of hydrogen-bond acceptors (Lipinski definition) is 4. The fraction of sp³-hybridized carbons (Fsp3) is 0.296. The Morgan fingerprint density at radius 3 is 2.45 bits per heavy atom. The standard InChI is InChI=1S/C27H29FN2O3/c28-23-12-8-21(9-13-23)19-33-24-14-10-22(11-15-24)27(32)29-25-18-30(16-4-7-26(25)31)17-20-5-2-1-3-6-20/h1-3,5-6,8-15,25-26,31H,4,7,16-19H2,(H,29,32)/t25-,26-/m1/s1. The lowest BCUT2D eigenvalue weighted by Gasteiger charge is -2.27. The van der Waals surface area contributed by atoms with Crippen LogP contribution in [0.1, 0.15) is 34.3 Å². The minimum atomic E-state index is -0.576. The van der Waals surface area contributed by atoms with Crippen molar-refractivity contribution in [2.75, 3.05) is 13.1 Å². The Morgan fingerprint density at radius 1 is 1.00 bits per heavy atom. The molecule has 1 saturated heterocycles. The number of amides is 1. The summed E-state index contributed by atoms with van der Waals surface area (Å²) < 4.78 is 18.7. The highest BCUT2D eigenvalue weighted by molar-refractivity contribution is 5.94. The van der Waals surface area contributed by atoms with Crippen LogP contribution >= 0.6 is 0 Å². The highest BCUT2D eigenvalue weighted by Gasteiger charge is 2.27. The summed E-state index contributed by atoms with van der Waals surface area (Å²) >= 11 is 0. The molecule has 6 heteroatoms. The largest absolute Gasteiger partial charge is 0.489 e. The van der Waals surface area contributed by atoms with Crippen LogP contribution in [0.4, 0.5) is 4.39 Å². The molecule has 0 aliphatic carbocycles. The van der Waals surface area contributed by atoms with Gasteiger partial charge in [0.2, 0.25) is 0 Å². The first-order chi connectivity index (χ1) is 16.1. The number of carbonyl (C=O) groups is 1. The molecule has 3 aromatic carbocycles. The van der Waals surface area contributed by atoms with Crippen molar-refractivity contribution in [1.29, 1.82) is 0 Å². The number of likely N-dealkylation sites (tertiary alicyclic amines) is 1. The van der Waals surface area contributed by atoms with Gasteiger partial charge in [-0.25, -0.2) is 4.39 Å². The molecule has 172 valence electrons. The Balaban J connectivity index is 1.33. The Kier molecular flexibility index (Phi) is 7.70. The Morgan fingerprint density at radius 2 is 1.73 bits per heavy atom. The normalized spacial score (nSPS) is 19.0. The lowest BCUT2D eigenvalue weighted by molar-refractivity contribution is 0.0798. The minimum absolute atomic E-state index is 0.217. The molecule has 0 aromatic heterocycles. The fourth-order valence-corrected chi connectivity index (χ4v) is 4.04. The van der Waals surface area contributed by atoms with Crippen LogP contribution in [0.15, 0.2) is 78.9 Å². The maximum Gasteiger partial charge on any atom is 0.251 e. The van der Waals surface area contributed by atoms with Crippen LogP contribution in [0.5, 0.6) is 5.75 Å². The van der Waals surface area contributed by atoms with E-state index in [0.717, 1.165) is 25.1 Å². The van der Waals surface area contributed by atoms with E-state index in [4.69, 9.17) is 4.74 Å². The molecule has 0 bridgehead atoms. The van der Waals surface area contributed by atoms with Crippen LogP contribution in [-0.4, -0.2) is 41.1 Å². The van der Waals surface area contributed by atoms with E-state index in [1.54, 1.807) is 36.4 Å². The van der Waals surface area contributed by atoms with Crippen LogP contribution in [0.25, 0.3) is 0 Å². The lowest BCUT2D eigenvalue weighted by atomic mass is 10.1. The molecule has 3 aromatic rings. The molecule has 1 amide bonds. The summed E-state index contributed by atoms with van der Waals surface area (Å²) in [6.45, 7) is 2.59. The van der Waals surface area contributed by atoms with E-state index < -0.39 is 6.10 Å². The third kappa shape index (κ3) is 6.63. The zero-order chi connectivity index (χ0) is 23.0. The number of nitrogens with one attached hydrogen (secondary N) is 1. The molecule has 1 aliphatic rings. The number of nitrogens with zero attached hydrogens (tertiary/aromatic N) is 1. The molecular formula is C27H29FN2O3. The molecule has 4 rings (SSSR count). The molecule has 33 heavy (non-hydrogen) atoms. The van der Waals surface area contributed by atoms with E-state index in [1.807, 2.05) is 18.2 Å². The third-order valence-corrected chi connectivity index (χ3v) is 5.89. The SMILES string of the molecule is O=C(N[C@@H]1CN(Cc2ccccc2)CCC[C@H]1O)c1ccc(OCc2ccc(F)cc2)cc1. The molecule has 5 nitrogen and oxygen atoms in total. The smallest absolute Gasteiger partial charge is 0.251 e. The molecule has 0 saturated carbocycles. The van der Waals surface area contributed by atoms with Gasteiger partial charge in [-0.1, -0.05) is 42.5 Å². The van der Waals surface area contributed by atoms with Crippen LogP contribution in [0.3, 0.4) is 0 Å². The highest BCUT2D eigenvalue weighted by atomic mass is 19.1. The number of benzene rings is 3. The second kappa shape index (κ2) is 11.1. The fourth-order valence-electron chi connectivity index (χ4n) is 4.04. The average Bonchev–Trinajstić information content (AvgIpc) is 3.00. The Bertz CT molecular complexity index is 1030. The van der Waals surface area contributed by atoms with E-state index in [0.29, 0.717) is 30.9 Å². The number of hydrogen-bond donors (Lipinski definition) is 2. The quantitative estimate of drug-likeness (QED) is 0.570. The second-order valence-electron chi connectivity index (χ2n) is 8.45. The van der Waals surface area contributed by atoms with Gasteiger partial charge in [-0.15, -0.1) is 0 Å². The van der Waals surface area contributed by atoms with Crippen molar-refractivity contribution >= 4 is 5.91 Å². The van der Waals surface area contributed by atoms with Gasteiger partial charge in [-0.3, -0.25) is 9.69 Å². The summed E-state index contributed by atoms with van der Waals surface area (Å²) in [5.74, 6) is 0.126.